The molecular weight excluding hydrogens is 442 g/mol. The highest BCUT2D eigenvalue weighted by Gasteiger charge is 2.35. The Labute approximate surface area is 150 Å². The van der Waals surface area contributed by atoms with Crippen LogP contribution in [0.3, 0.4) is 0 Å². The van der Waals surface area contributed by atoms with Crippen LogP contribution < -0.4 is 0 Å². The Morgan fingerprint density at radius 2 is 1.30 bits per heavy atom. The van der Waals surface area contributed by atoms with Gasteiger partial charge in [0.15, 0.2) is 0 Å². The molecule has 0 atom stereocenters. The molecule has 0 aliphatic carbocycles. The van der Waals surface area contributed by atoms with E-state index in [-0.39, 0.29) is 47.0 Å². The molecule has 8 nitrogen and oxygen atoms in total. The number of carbonyl (C=O) groups excluding carboxylic acids is 2. The minimum Gasteiger partial charge on any atom is -0.481 e. The number of hydrogen-bond acceptors (Lipinski definition) is 6. The lowest BCUT2D eigenvalue weighted by Gasteiger charge is -2.14. The number of ether oxygens (including phenoxy) is 3. The quantitative estimate of drug-likeness (QED) is 0.342. The third kappa shape index (κ3) is 7.08. The Bertz CT molecular complexity index is 457. The summed E-state index contributed by atoms with van der Waals surface area (Å²) in [5.74, 6) is -1.68. The van der Waals surface area contributed by atoms with Gasteiger partial charge in [-0.15, -0.1) is 0 Å². The van der Waals surface area contributed by atoms with Gasteiger partial charge in [-0.2, -0.15) is 0 Å². The third-order valence-corrected chi connectivity index (χ3v) is 4.73. The van der Waals surface area contributed by atoms with Crippen molar-refractivity contribution >= 4 is 49.6 Å². The summed E-state index contributed by atoms with van der Waals surface area (Å²) in [7, 11) is 0. The van der Waals surface area contributed by atoms with Crippen LogP contribution in [0.2, 0.25) is 0 Å². The number of hydrogen-bond donors (Lipinski definition) is 1. The van der Waals surface area contributed by atoms with Crippen LogP contribution in [-0.2, 0) is 28.6 Å². The Morgan fingerprint density at radius 1 is 0.870 bits per heavy atom. The van der Waals surface area contributed by atoms with Crippen molar-refractivity contribution < 1.29 is 33.7 Å². The lowest BCUT2D eigenvalue weighted by molar-refractivity contribution is -0.139. The molecule has 1 rings (SSSR count). The predicted octanol–water partition coefficient (Wildman–Crippen LogP) is 0.881. The van der Waals surface area contributed by atoms with Gasteiger partial charge in [-0.1, -0.05) is 0 Å². The monoisotopic (exact) mass is 457 g/mol. The summed E-state index contributed by atoms with van der Waals surface area (Å²) in [6.45, 7) is 1.87. The maximum atomic E-state index is 11.7. The van der Waals surface area contributed by atoms with Gasteiger partial charge in [-0.25, -0.2) is 0 Å². The van der Waals surface area contributed by atoms with Crippen LogP contribution in [0.4, 0.5) is 0 Å². The largest absolute Gasteiger partial charge is 0.481 e. The summed E-state index contributed by atoms with van der Waals surface area (Å²) in [6.07, 6.45) is -0.0296. The van der Waals surface area contributed by atoms with Crippen molar-refractivity contribution in [3.8, 4) is 0 Å². The molecule has 0 unspecified atom stereocenters. The van der Waals surface area contributed by atoms with Gasteiger partial charge in [0.05, 0.1) is 52.6 Å². The molecule has 0 saturated carbocycles. The third-order valence-electron chi connectivity index (χ3n) is 2.72. The van der Waals surface area contributed by atoms with E-state index in [9.17, 15) is 14.4 Å². The average molecular weight is 459 g/mol. The molecule has 0 radical (unpaired) electrons. The van der Waals surface area contributed by atoms with Crippen LogP contribution >= 0.6 is 31.9 Å². The van der Waals surface area contributed by atoms with Crippen LogP contribution in [0.1, 0.15) is 6.42 Å². The molecule has 0 saturated heterocycles. The van der Waals surface area contributed by atoms with Gasteiger partial charge in [0.25, 0.3) is 11.8 Å². The Kier molecular flexibility index (Phi) is 9.56. The maximum absolute atomic E-state index is 11.7. The average Bonchev–Trinajstić information content (AvgIpc) is 2.69. The number of amides is 2. The fraction of sp³-hybridized carbons (Fsp3) is 0.615. The van der Waals surface area contributed by atoms with E-state index in [2.05, 4.69) is 31.9 Å². The molecule has 1 heterocycles. The standard InChI is InChI=1S/C13H17Br2NO7/c14-10-11(15)13(20)16(12(10)19)2-4-22-6-8-23-7-5-21-3-1-9(17)18/h1-8H2,(H,17,18). The Balaban J connectivity index is 1.96. The van der Waals surface area contributed by atoms with Crippen molar-refractivity contribution in [2.45, 2.75) is 6.42 Å². The van der Waals surface area contributed by atoms with E-state index >= 15 is 0 Å². The lowest BCUT2D eigenvalue weighted by Crippen LogP contribution is -2.34. The first-order chi connectivity index (χ1) is 10.9. The van der Waals surface area contributed by atoms with Gasteiger partial charge >= 0.3 is 5.97 Å². The van der Waals surface area contributed by atoms with Gasteiger partial charge in [0.1, 0.15) is 8.96 Å². The Morgan fingerprint density at radius 3 is 1.78 bits per heavy atom. The molecule has 0 aromatic heterocycles. The molecule has 23 heavy (non-hydrogen) atoms. The zero-order valence-electron chi connectivity index (χ0n) is 12.3. The van der Waals surface area contributed by atoms with E-state index in [1.54, 1.807) is 0 Å². The maximum Gasteiger partial charge on any atom is 0.305 e. The highest BCUT2D eigenvalue weighted by molar-refractivity contribution is 9.14. The van der Waals surface area contributed by atoms with Gasteiger partial charge in [0, 0.05) is 0 Å². The second kappa shape index (κ2) is 10.9. The molecule has 0 aromatic carbocycles. The van der Waals surface area contributed by atoms with E-state index in [0.29, 0.717) is 26.4 Å². The van der Waals surface area contributed by atoms with Crippen LogP contribution in [0, 0.1) is 0 Å². The van der Waals surface area contributed by atoms with E-state index in [1.807, 2.05) is 0 Å². The van der Waals surface area contributed by atoms with Crippen molar-refractivity contribution in [3.63, 3.8) is 0 Å². The number of imide groups is 1. The van der Waals surface area contributed by atoms with E-state index in [0.717, 1.165) is 4.90 Å². The zero-order valence-corrected chi connectivity index (χ0v) is 15.4. The summed E-state index contributed by atoms with van der Waals surface area (Å²) in [5, 5.41) is 8.40. The SMILES string of the molecule is O=C(O)CCOCCOCCOCCN1C(=O)C(Br)=C(Br)C1=O. The van der Waals surface area contributed by atoms with E-state index in [4.69, 9.17) is 19.3 Å². The number of carbonyl (C=O) groups is 3. The number of aliphatic carboxylic acids is 1. The molecule has 0 spiro atoms. The topological polar surface area (TPSA) is 102 Å². The predicted molar refractivity (Wildman–Crippen MR) is 86.3 cm³/mol. The summed E-state index contributed by atoms with van der Waals surface area (Å²) >= 11 is 6.08. The van der Waals surface area contributed by atoms with Crippen molar-refractivity contribution in [1.29, 1.82) is 0 Å². The molecule has 1 aliphatic rings. The first-order valence-corrected chi connectivity index (χ1v) is 8.40. The first-order valence-electron chi connectivity index (χ1n) is 6.81. The minimum absolute atomic E-state index is 0.0296. The van der Waals surface area contributed by atoms with Gasteiger partial charge in [-0.3, -0.25) is 19.3 Å². The molecule has 1 N–H and O–H groups in total. The smallest absolute Gasteiger partial charge is 0.305 e. The van der Waals surface area contributed by atoms with Crippen molar-refractivity contribution in [2.75, 3.05) is 46.2 Å². The summed E-state index contributed by atoms with van der Waals surface area (Å²) in [4.78, 5) is 34.7. The molecule has 0 bridgehead atoms. The van der Waals surface area contributed by atoms with Crippen LogP contribution in [0.5, 0.6) is 0 Å². The second-order valence-corrected chi connectivity index (χ2v) is 5.96. The second-order valence-electron chi connectivity index (χ2n) is 4.37. The van der Waals surface area contributed by atoms with Gasteiger partial charge in [0.2, 0.25) is 0 Å². The fourth-order valence-electron chi connectivity index (χ4n) is 1.58. The number of carboxylic acid groups (broad SMARTS) is 1. The molecule has 1 aliphatic heterocycles. The fourth-order valence-corrected chi connectivity index (χ4v) is 2.34. The highest BCUT2D eigenvalue weighted by Crippen LogP contribution is 2.28. The normalized spacial score (nSPS) is 15.0. The molecule has 10 heteroatoms. The number of halogens is 2. The first kappa shape index (κ1) is 20.2. The van der Waals surface area contributed by atoms with Crippen molar-refractivity contribution in [2.24, 2.45) is 0 Å². The van der Waals surface area contributed by atoms with E-state index < -0.39 is 5.97 Å². The van der Waals surface area contributed by atoms with E-state index in [1.165, 1.54) is 0 Å². The molecule has 130 valence electrons. The minimum atomic E-state index is -0.899. The zero-order chi connectivity index (χ0) is 17.2. The summed E-state index contributed by atoms with van der Waals surface area (Å²) in [5.41, 5.74) is 0. The summed E-state index contributed by atoms with van der Waals surface area (Å²) < 4.78 is 16.0. The summed E-state index contributed by atoms with van der Waals surface area (Å²) in [6, 6.07) is 0. The van der Waals surface area contributed by atoms with Crippen LogP contribution in [0.15, 0.2) is 8.96 Å². The number of carboxylic acids is 1. The molecule has 2 amide bonds. The van der Waals surface area contributed by atoms with Crippen molar-refractivity contribution in [3.05, 3.63) is 8.96 Å². The Hall–Kier alpha value is -0.810. The lowest BCUT2D eigenvalue weighted by atomic mass is 10.5. The van der Waals surface area contributed by atoms with Crippen LogP contribution in [-0.4, -0.2) is 74.0 Å². The number of nitrogens with zero attached hydrogens (tertiary/aromatic N) is 1. The van der Waals surface area contributed by atoms with Gasteiger partial charge in [-0.05, 0) is 31.9 Å². The van der Waals surface area contributed by atoms with Crippen molar-refractivity contribution in [1.82, 2.24) is 4.90 Å². The van der Waals surface area contributed by atoms with Gasteiger partial charge < -0.3 is 19.3 Å². The van der Waals surface area contributed by atoms with Crippen LogP contribution in [0.25, 0.3) is 0 Å². The molecule has 0 fully saturated rings. The molecular formula is C13H17Br2NO7. The highest BCUT2D eigenvalue weighted by atomic mass is 79.9. The number of rotatable bonds is 12. The molecule has 0 aromatic rings.